The van der Waals surface area contributed by atoms with Gasteiger partial charge in [0.1, 0.15) is 5.82 Å². The molecule has 1 rings (SSSR count). The highest BCUT2D eigenvalue weighted by molar-refractivity contribution is 5.99. The zero-order valence-electron chi connectivity index (χ0n) is 7.66. The minimum Gasteiger partial charge on any atom is -0.320 e. The highest BCUT2D eigenvalue weighted by Gasteiger charge is 2.05. The number of nitrogens with zero attached hydrogens (tertiary/aromatic N) is 1. The van der Waals surface area contributed by atoms with E-state index in [1.165, 1.54) is 18.2 Å². The zero-order chi connectivity index (χ0) is 11.3. The molecule has 1 amide bonds. The molecule has 0 bridgehead atoms. The predicted octanol–water partition coefficient (Wildman–Crippen LogP) is 1.92. The smallest absolute Gasteiger partial charge is 0.247 e. The molecule has 0 radical (unpaired) electrons. The SMILES string of the molecule is C=CC(=O)Nc1cc(N=C=O)ccc1F. The quantitative estimate of drug-likeness (QED) is 0.466. The van der Waals surface area contributed by atoms with E-state index in [2.05, 4.69) is 16.9 Å². The highest BCUT2D eigenvalue weighted by atomic mass is 19.1. The molecule has 0 aliphatic heterocycles. The van der Waals surface area contributed by atoms with Crippen molar-refractivity contribution in [3.05, 3.63) is 36.7 Å². The van der Waals surface area contributed by atoms with Gasteiger partial charge in [0.2, 0.25) is 12.0 Å². The molecule has 0 heterocycles. The summed E-state index contributed by atoms with van der Waals surface area (Å²) >= 11 is 0. The van der Waals surface area contributed by atoms with Crippen LogP contribution < -0.4 is 5.32 Å². The molecule has 0 aliphatic rings. The first-order valence-electron chi connectivity index (χ1n) is 3.98. The fraction of sp³-hybridized carbons (Fsp3) is 0. The third-order valence-electron chi connectivity index (χ3n) is 1.57. The topological polar surface area (TPSA) is 58.5 Å². The summed E-state index contributed by atoms with van der Waals surface area (Å²) in [6, 6.07) is 3.61. The van der Waals surface area contributed by atoms with Crippen molar-refractivity contribution in [1.29, 1.82) is 0 Å². The van der Waals surface area contributed by atoms with Crippen LogP contribution in [0.1, 0.15) is 0 Å². The Balaban J connectivity index is 3.04. The molecular weight excluding hydrogens is 199 g/mol. The molecular formula is C10H7FN2O2. The lowest BCUT2D eigenvalue weighted by atomic mass is 10.2. The van der Waals surface area contributed by atoms with Crippen molar-refractivity contribution in [3.63, 3.8) is 0 Å². The summed E-state index contributed by atoms with van der Waals surface area (Å²) in [6.45, 7) is 3.22. The van der Waals surface area contributed by atoms with Crippen LogP contribution >= 0.6 is 0 Å². The van der Waals surface area contributed by atoms with Gasteiger partial charge in [-0.2, -0.15) is 4.99 Å². The van der Waals surface area contributed by atoms with Crippen LogP contribution in [0.15, 0.2) is 35.8 Å². The number of aliphatic imine (C=N–C) groups is 1. The fourth-order valence-electron chi connectivity index (χ4n) is 0.915. The summed E-state index contributed by atoms with van der Waals surface area (Å²) in [5.74, 6) is -1.16. The van der Waals surface area contributed by atoms with Crippen LogP contribution in [0, 0.1) is 5.82 Å². The second-order valence-electron chi connectivity index (χ2n) is 2.56. The Kier molecular flexibility index (Phi) is 3.49. The van der Waals surface area contributed by atoms with E-state index in [-0.39, 0.29) is 11.4 Å². The third-order valence-corrected chi connectivity index (χ3v) is 1.57. The van der Waals surface area contributed by atoms with Crippen molar-refractivity contribution < 1.29 is 14.0 Å². The van der Waals surface area contributed by atoms with E-state index in [9.17, 15) is 14.0 Å². The molecule has 0 atom stereocenters. The van der Waals surface area contributed by atoms with E-state index >= 15 is 0 Å². The Labute approximate surface area is 85.1 Å². The average molecular weight is 206 g/mol. The summed E-state index contributed by atoms with van der Waals surface area (Å²) in [5.41, 5.74) is 0.155. The molecule has 0 fully saturated rings. The molecule has 0 aromatic heterocycles. The van der Waals surface area contributed by atoms with Crippen LogP contribution in [0.4, 0.5) is 15.8 Å². The molecule has 1 N–H and O–H groups in total. The minimum absolute atomic E-state index is 0.0589. The molecule has 0 unspecified atom stereocenters. The van der Waals surface area contributed by atoms with E-state index in [1.54, 1.807) is 0 Å². The normalized spacial score (nSPS) is 8.87. The van der Waals surface area contributed by atoms with E-state index in [1.807, 2.05) is 0 Å². The maximum absolute atomic E-state index is 13.1. The summed E-state index contributed by atoms with van der Waals surface area (Å²) in [5, 5.41) is 2.24. The van der Waals surface area contributed by atoms with E-state index < -0.39 is 11.7 Å². The fourth-order valence-corrected chi connectivity index (χ4v) is 0.915. The van der Waals surface area contributed by atoms with Crippen LogP contribution in [0.3, 0.4) is 0 Å². The van der Waals surface area contributed by atoms with Crippen molar-refractivity contribution in [2.24, 2.45) is 4.99 Å². The largest absolute Gasteiger partial charge is 0.320 e. The standard InChI is InChI=1S/C10H7FN2O2/c1-2-10(15)13-9-5-7(12-6-14)3-4-8(9)11/h2-5H,1H2,(H,13,15). The van der Waals surface area contributed by atoms with E-state index in [0.29, 0.717) is 0 Å². The number of rotatable bonds is 3. The van der Waals surface area contributed by atoms with Crippen LogP contribution in [0.25, 0.3) is 0 Å². The van der Waals surface area contributed by atoms with Crippen LogP contribution in [0.5, 0.6) is 0 Å². The molecule has 15 heavy (non-hydrogen) atoms. The number of nitrogens with one attached hydrogen (secondary N) is 1. The monoisotopic (exact) mass is 206 g/mol. The Hall–Kier alpha value is -2.26. The number of anilines is 1. The predicted molar refractivity (Wildman–Crippen MR) is 53.0 cm³/mol. The molecule has 0 spiro atoms. The summed E-state index contributed by atoms with van der Waals surface area (Å²) in [6.07, 6.45) is 2.33. The number of hydrogen-bond acceptors (Lipinski definition) is 3. The highest BCUT2D eigenvalue weighted by Crippen LogP contribution is 2.21. The number of isocyanates is 1. The summed E-state index contributed by atoms with van der Waals surface area (Å²) in [7, 11) is 0. The summed E-state index contributed by atoms with van der Waals surface area (Å²) < 4.78 is 13.1. The lowest BCUT2D eigenvalue weighted by Crippen LogP contribution is -2.08. The maximum Gasteiger partial charge on any atom is 0.247 e. The van der Waals surface area contributed by atoms with Gasteiger partial charge in [-0.25, -0.2) is 9.18 Å². The Morgan fingerprint density at radius 1 is 1.60 bits per heavy atom. The number of hydrogen-bond donors (Lipinski definition) is 1. The van der Waals surface area contributed by atoms with Gasteiger partial charge in [0.25, 0.3) is 0 Å². The van der Waals surface area contributed by atoms with Crippen LogP contribution in [-0.2, 0) is 9.59 Å². The van der Waals surface area contributed by atoms with E-state index in [0.717, 1.165) is 12.1 Å². The first kappa shape index (κ1) is 10.8. The van der Waals surface area contributed by atoms with Crippen molar-refractivity contribution >= 4 is 23.4 Å². The van der Waals surface area contributed by atoms with Gasteiger partial charge in [0.05, 0.1) is 11.4 Å². The number of carbonyl (C=O) groups excluding carboxylic acids is 2. The maximum atomic E-state index is 13.1. The van der Waals surface area contributed by atoms with Crippen molar-refractivity contribution in [2.45, 2.75) is 0 Å². The average Bonchev–Trinajstić information content (AvgIpc) is 2.23. The van der Waals surface area contributed by atoms with Gasteiger partial charge in [-0.05, 0) is 24.3 Å². The van der Waals surface area contributed by atoms with Gasteiger partial charge in [0, 0.05) is 0 Å². The molecule has 1 aromatic carbocycles. The second kappa shape index (κ2) is 4.83. The van der Waals surface area contributed by atoms with Gasteiger partial charge < -0.3 is 5.32 Å². The van der Waals surface area contributed by atoms with Gasteiger partial charge in [-0.1, -0.05) is 6.58 Å². The number of carbonyl (C=O) groups is 1. The molecule has 5 heteroatoms. The van der Waals surface area contributed by atoms with Crippen molar-refractivity contribution in [3.8, 4) is 0 Å². The molecule has 1 aromatic rings. The number of halogens is 1. The Morgan fingerprint density at radius 3 is 2.93 bits per heavy atom. The Bertz CT molecular complexity index is 451. The molecule has 4 nitrogen and oxygen atoms in total. The first-order valence-corrected chi connectivity index (χ1v) is 3.98. The van der Waals surface area contributed by atoms with Crippen molar-refractivity contribution in [1.82, 2.24) is 0 Å². The van der Waals surface area contributed by atoms with Crippen LogP contribution in [0.2, 0.25) is 0 Å². The molecule has 0 saturated heterocycles. The van der Waals surface area contributed by atoms with Crippen molar-refractivity contribution in [2.75, 3.05) is 5.32 Å². The lowest BCUT2D eigenvalue weighted by molar-refractivity contribution is -0.111. The minimum atomic E-state index is -0.616. The molecule has 76 valence electrons. The lowest BCUT2D eigenvalue weighted by Gasteiger charge is -2.03. The summed E-state index contributed by atoms with van der Waals surface area (Å²) in [4.78, 5) is 24.2. The molecule has 0 aliphatic carbocycles. The van der Waals surface area contributed by atoms with Crippen LogP contribution in [-0.4, -0.2) is 12.0 Å². The van der Waals surface area contributed by atoms with Gasteiger partial charge in [-0.3, -0.25) is 4.79 Å². The van der Waals surface area contributed by atoms with Gasteiger partial charge >= 0.3 is 0 Å². The van der Waals surface area contributed by atoms with Gasteiger partial charge in [0.15, 0.2) is 0 Å². The number of amides is 1. The first-order chi connectivity index (χ1) is 7.17. The molecule has 0 saturated carbocycles. The zero-order valence-corrected chi connectivity index (χ0v) is 7.66. The third kappa shape index (κ3) is 2.86. The Morgan fingerprint density at radius 2 is 2.33 bits per heavy atom. The number of benzene rings is 1. The second-order valence-corrected chi connectivity index (χ2v) is 2.56. The van der Waals surface area contributed by atoms with E-state index in [4.69, 9.17) is 0 Å². The van der Waals surface area contributed by atoms with Gasteiger partial charge in [-0.15, -0.1) is 0 Å².